The Balaban J connectivity index is 2.42. The minimum atomic E-state index is -0.171. The van der Waals surface area contributed by atoms with Crippen LogP contribution < -0.4 is 16.4 Å². The maximum Gasteiger partial charge on any atom is 0.319 e. The fourth-order valence-corrected chi connectivity index (χ4v) is 1.94. The highest BCUT2D eigenvalue weighted by Crippen LogP contribution is 2.15. The van der Waals surface area contributed by atoms with Crippen molar-refractivity contribution in [1.29, 1.82) is 0 Å². The number of urea groups is 1. The van der Waals surface area contributed by atoms with Gasteiger partial charge in [-0.1, -0.05) is 19.1 Å². The van der Waals surface area contributed by atoms with Crippen molar-refractivity contribution < 1.29 is 4.79 Å². The topological polar surface area (TPSA) is 67.2 Å². The Bertz CT molecular complexity index is 409. The van der Waals surface area contributed by atoms with Crippen molar-refractivity contribution in [3.8, 4) is 0 Å². The Morgan fingerprint density at radius 2 is 2.16 bits per heavy atom. The summed E-state index contributed by atoms with van der Waals surface area (Å²) in [5, 5.41) is 6.22. The van der Waals surface area contributed by atoms with Crippen molar-refractivity contribution in [3.05, 3.63) is 29.8 Å². The summed E-state index contributed by atoms with van der Waals surface area (Å²) in [6.45, 7) is 4.75. The average Bonchev–Trinajstić information content (AvgIpc) is 2.38. The van der Waals surface area contributed by atoms with Gasteiger partial charge in [-0.25, -0.2) is 4.79 Å². The molecule has 1 rings (SSSR count). The third-order valence-corrected chi connectivity index (χ3v) is 3.95. The summed E-state index contributed by atoms with van der Waals surface area (Å²) in [6, 6.07) is 7.39. The van der Waals surface area contributed by atoms with Crippen LogP contribution in [0.2, 0.25) is 0 Å². The molecule has 0 fully saturated rings. The molecule has 0 bridgehead atoms. The van der Waals surface area contributed by atoms with E-state index < -0.39 is 0 Å². The number of hydrogen-bond donors (Lipinski definition) is 3. The predicted molar refractivity (Wildman–Crippen MR) is 83.7 cm³/mol. The van der Waals surface area contributed by atoms with Gasteiger partial charge in [0.05, 0.1) is 0 Å². The van der Waals surface area contributed by atoms with E-state index in [-0.39, 0.29) is 12.1 Å². The summed E-state index contributed by atoms with van der Waals surface area (Å²) in [5.74, 6) is 0. The molecule has 1 aromatic rings. The molecule has 4 nitrogen and oxygen atoms in total. The minimum absolute atomic E-state index is 0.0350. The molecule has 0 aliphatic carbocycles. The average molecular weight is 281 g/mol. The first-order valence-corrected chi connectivity index (χ1v) is 7.75. The molecule has 4 N–H and O–H groups in total. The molecule has 2 amide bonds. The van der Waals surface area contributed by atoms with Gasteiger partial charge in [-0.2, -0.15) is 11.8 Å². The monoisotopic (exact) mass is 281 g/mol. The van der Waals surface area contributed by atoms with Gasteiger partial charge in [0.15, 0.2) is 0 Å². The SMILES string of the molecule is CSC(C)CCNC(=O)Nc1cccc(C(C)N)c1. The number of hydrogen-bond acceptors (Lipinski definition) is 3. The molecule has 0 saturated heterocycles. The number of amides is 2. The Morgan fingerprint density at radius 3 is 2.79 bits per heavy atom. The Hall–Kier alpha value is -1.20. The number of anilines is 1. The third-order valence-electron chi connectivity index (χ3n) is 2.91. The smallest absolute Gasteiger partial charge is 0.319 e. The maximum atomic E-state index is 11.7. The van der Waals surface area contributed by atoms with Gasteiger partial charge in [0, 0.05) is 23.5 Å². The molecule has 0 spiro atoms. The lowest BCUT2D eigenvalue weighted by atomic mass is 10.1. The zero-order chi connectivity index (χ0) is 14.3. The number of carbonyl (C=O) groups is 1. The first-order chi connectivity index (χ1) is 9.02. The number of carbonyl (C=O) groups excluding carboxylic acids is 1. The molecule has 2 unspecified atom stereocenters. The van der Waals surface area contributed by atoms with Crippen LogP contribution in [-0.4, -0.2) is 24.1 Å². The van der Waals surface area contributed by atoms with Crippen LogP contribution >= 0.6 is 11.8 Å². The molecule has 0 heterocycles. The number of nitrogens with one attached hydrogen (secondary N) is 2. The van der Waals surface area contributed by atoms with Gasteiger partial charge in [0.1, 0.15) is 0 Å². The van der Waals surface area contributed by atoms with E-state index in [1.165, 1.54) is 0 Å². The van der Waals surface area contributed by atoms with Crippen LogP contribution in [0.15, 0.2) is 24.3 Å². The third kappa shape index (κ3) is 5.98. The lowest BCUT2D eigenvalue weighted by Gasteiger charge is -2.12. The summed E-state index contributed by atoms with van der Waals surface area (Å²) in [6.07, 6.45) is 3.04. The second kappa shape index (κ2) is 8.07. The van der Waals surface area contributed by atoms with E-state index in [0.29, 0.717) is 11.8 Å². The largest absolute Gasteiger partial charge is 0.338 e. The van der Waals surface area contributed by atoms with E-state index in [9.17, 15) is 4.79 Å². The molecule has 5 heteroatoms. The standard InChI is InChI=1S/C14H23N3OS/c1-10(19-3)7-8-16-14(18)17-13-6-4-5-12(9-13)11(2)15/h4-6,9-11H,7-8,15H2,1-3H3,(H2,16,17,18). The summed E-state index contributed by atoms with van der Waals surface area (Å²) in [5.41, 5.74) is 7.59. The van der Waals surface area contributed by atoms with Gasteiger partial charge in [0.2, 0.25) is 0 Å². The van der Waals surface area contributed by atoms with Gasteiger partial charge >= 0.3 is 6.03 Å². The molecular formula is C14H23N3OS. The Kier molecular flexibility index (Phi) is 6.73. The van der Waals surface area contributed by atoms with E-state index in [0.717, 1.165) is 17.7 Å². The number of benzene rings is 1. The first kappa shape index (κ1) is 15.9. The number of thioether (sulfide) groups is 1. The zero-order valence-electron chi connectivity index (χ0n) is 11.8. The molecule has 0 radical (unpaired) electrons. The van der Waals surface area contributed by atoms with E-state index >= 15 is 0 Å². The highest BCUT2D eigenvalue weighted by Gasteiger charge is 2.05. The van der Waals surface area contributed by atoms with E-state index in [2.05, 4.69) is 23.8 Å². The van der Waals surface area contributed by atoms with Crippen LogP contribution in [0, 0.1) is 0 Å². The minimum Gasteiger partial charge on any atom is -0.338 e. The van der Waals surface area contributed by atoms with Crippen molar-refractivity contribution in [2.24, 2.45) is 5.73 Å². The van der Waals surface area contributed by atoms with Crippen LogP contribution in [0.5, 0.6) is 0 Å². The molecular weight excluding hydrogens is 258 g/mol. The van der Waals surface area contributed by atoms with Crippen molar-refractivity contribution in [2.45, 2.75) is 31.6 Å². The van der Waals surface area contributed by atoms with Crippen LogP contribution in [0.1, 0.15) is 31.9 Å². The molecule has 106 valence electrons. The molecule has 1 aromatic carbocycles. The molecule has 0 aliphatic rings. The van der Waals surface area contributed by atoms with Crippen molar-refractivity contribution in [2.75, 3.05) is 18.1 Å². The molecule has 19 heavy (non-hydrogen) atoms. The lowest BCUT2D eigenvalue weighted by Crippen LogP contribution is -2.30. The fraction of sp³-hybridized carbons (Fsp3) is 0.500. The van der Waals surface area contributed by atoms with Crippen LogP contribution in [0.4, 0.5) is 10.5 Å². The van der Waals surface area contributed by atoms with Gasteiger partial charge in [-0.3, -0.25) is 0 Å². The number of rotatable bonds is 6. The zero-order valence-corrected chi connectivity index (χ0v) is 12.6. The van der Waals surface area contributed by atoms with Gasteiger partial charge in [-0.15, -0.1) is 0 Å². The second-order valence-electron chi connectivity index (χ2n) is 4.63. The van der Waals surface area contributed by atoms with E-state index in [1.54, 1.807) is 11.8 Å². The predicted octanol–water partition coefficient (Wildman–Crippen LogP) is 2.97. The van der Waals surface area contributed by atoms with E-state index in [4.69, 9.17) is 5.73 Å². The first-order valence-electron chi connectivity index (χ1n) is 6.46. The fourth-order valence-electron chi connectivity index (χ4n) is 1.58. The normalized spacial score (nSPS) is 13.7. The maximum absolute atomic E-state index is 11.7. The highest BCUT2D eigenvalue weighted by atomic mass is 32.2. The van der Waals surface area contributed by atoms with Crippen molar-refractivity contribution >= 4 is 23.5 Å². The number of nitrogens with two attached hydrogens (primary N) is 1. The van der Waals surface area contributed by atoms with Crippen molar-refractivity contribution in [3.63, 3.8) is 0 Å². The summed E-state index contributed by atoms with van der Waals surface area (Å²) < 4.78 is 0. The summed E-state index contributed by atoms with van der Waals surface area (Å²) in [4.78, 5) is 11.7. The Labute approximate surface area is 119 Å². The van der Waals surface area contributed by atoms with Gasteiger partial charge in [-0.05, 0) is 37.3 Å². The molecule has 0 aliphatic heterocycles. The van der Waals surface area contributed by atoms with Crippen LogP contribution in [-0.2, 0) is 0 Å². The molecule has 0 aromatic heterocycles. The molecule has 2 atom stereocenters. The summed E-state index contributed by atoms with van der Waals surface area (Å²) >= 11 is 1.80. The van der Waals surface area contributed by atoms with Crippen molar-refractivity contribution in [1.82, 2.24) is 5.32 Å². The quantitative estimate of drug-likeness (QED) is 0.751. The van der Waals surface area contributed by atoms with Crippen LogP contribution in [0.25, 0.3) is 0 Å². The second-order valence-corrected chi connectivity index (χ2v) is 5.91. The van der Waals surface area contributed by atoms with Crippen LogP contribution in [0.3, 0.4) is 0 Å². The van der Waals surface area contributed by atoms with Gasteiger partial charge in [0.25, 0.3) is 0 Å². The van der Waals surface area contributed by atoms with Gasteiger partial charge < -0.3 is 16.4 Å². The molecule has 0 saturated carbocycles. The summed E-state index contributed by atoms with van der Waals surface area (Å²) in [7, 11) is 0. The van der Waals surface area contributed by atoms with E-state index in [1.807, 2.05) is 31.2 Å². The Morgan fingerprint density at radius 1 is 1.42 bits per heavy atom. The highest BCUT2D eigenvalue weighted by molar-refractivity contribution is 7.99. The lowest BCUT2D eigenvalue weighted by molar-refractivity contribution is 0.252.